The average Bonchev–Trinajstić information content (AvgIpc) is 1.93. The number of nitrogens with zero attached hydrogens (tertiary/aromatic N) is 1. The molecule has 0 atom stereocenters. The van der Waals surface area contributed by atoms with Gasteiger partial charge in [-0.05, 0) is 29.7 Å². The van der Waals surface area contributed by atoms with Crippen LogP contribution in [0.5, 0.6) is 0 Å². The fourth-order valence-corrected chi connectivity index (χ4v) is 5.41. The van der Waals surface area contributed by atoms with Crippen LogP contribution in [0.1, 0.15) is 6.92 Å². The summed E-state index contributed by atoms with van der Waals surface area (Å²) in [5.41, 5.74) is 0. The minimum Gasteiger partial charge on any atom is -0.807 e. The van der Waals surface area contributed by atoms with Crippen LogP contribution < -0.4 is 29.4 Å². The normalized spacial score (nSPS) is 14.8. The highest BCUT2D eigenvalue weighted by Gasteiger charge is 2.29. The zero-order chi connectivity index (χ0) is 14.8. The Morgan fingerprint density at radius 2 is 0.944 bits per heavy atom. The smallest absolute Gasteiger partial charge is 0.105 e. The predicted octanol–water partition coefficient (Wildman–Crippen LogP) is -4.56. The lowest BCUT2D eigenvalue weighted by Crippen LogP contribution is -2.54. The van der Waals surface area contributed by atoms with Crippen molar-refractivity contribution < 1.29 is 47.5 Å². The number of hydrogen-bond acceptors (Lipinski definition) is 9. The molecule has 10 nitrogen and oxygen atoms in total. The van der Waals surface area contributed by atoms with Gasteiger partial charge >= 0.3 is 0 Å². The molecule has 0 heterocycles. The van der Waals surface area contributed by atoms with Crippen LogP contribution >= 0.6 is 22.8 Å². The van der Waals surface area contributed by atoms with E-state index in [2.05, 4.69) is 0 Å². The molecule has 0 saturated heterocycles. The van der Waals surface area contributed by atoms with E-state index in [0.717, 1.165) is 0 Å². The highest BCUT2D eigenvalue weighted by atomic mass is 31.2. The van der Waals surface area contributed by atoms with Crippen LogP contribution in [-0.4, -0.2) is 29.9 Å². The van der Waals surface area contributed by atoms with E-state index < -0.39 is 52.7 Å². The molecule has 0 aliphatic rings. The molecule has 0 spiro atoms. The van der Waals surface area contributed by atoms with E-state index in [1.165, 1.54) is 6.92 Å². The Balaban J connectivity index is 5.40. The topological polar surface area (TPSA) is 190 Å². The van der Waals surface area contributed by atoms with Gasteiger partial charge in [-0.25, -0.2) is 0 Å². The van der Waals surface area contributed by atoms with Crippen molar-refractivity contribution in [3.63, 3.8) is 0 Å². The number of rotatable bonds is 7. The summed E-state index contributed by atoms with van der Waals surface area (Å²) in [6, 6.07) is 0. The van der Waals surface area contributed by atoms with E-state index >= 15 is 0 Å². The summed E-state index contributed by atoms with van der Waals surface area (Å²) < 4.78 is 30.5. The van der Waals surface area contributed by atoms with Crippen LogP contribution in [0.15, 0.2) is 0 Å². The first-order valence-electron chi connectivity index (χ1n) is 4.56. The van der Waals surface area contributed by atoms with Crippen molar-refractivity contribution >= 4 is 22.8 Å². The van der Waals surface area contributed by atoms with E-state index in [1.807, 2.05) is 0 Å². The molecule has 0 radical (unpaired) electrons. The van der Waals surface area contributed by atoms with Gasteiger partial charge in [-0.3, -0.25) is 0 Å². The van der Waals surface area contributed by atoms with Crippen molar-refractivity contribution in [3.05, 3.63) is 0 Å². The molecule has 0 aromatic rings. The minimum atomic E-state index is -5.30. The van der Waals surface area contributed by atoms with Crippen molar-refractivity contribution in [2.45, 2.75) is 6.92 Å². The van der Waals surface area contributed by atoms with Crippen molar-refractivity contribution in [2.24, 2.45) is 0 Å². The molecule has 0 aromatic carbocycles. The first kappa shape index (κ1) is 18.4. The van der Waals surface area contributed by atoms with Gasteiger partial charge in [0.15, 0.2) is 0 Å². The van der Waals surface area contributed by atoms with Gasteiger partial charge in [0.1, 0.15) is 18.9 Å². The van der Waals surface area contributed by atoms with Gasteiger partial charge in [0, 0.05) is 0 Å². The molecular formula is C5H11NO9P3-5. The lowest BCUT2D eigenvalue weighted by molar-refractivity contribution is -0.902. The van der Waals surface area contributed by atoms with Gasteiger partial charge in [0.05, 0.1) is 6.54 Å². The molecule has 0 rings (SSSR count). The van der Waals surface area contributed by atoms with Gasteiger partial charge in [0.25, 0.3) is 0 Å². The highest BCUT2D eigenvalue weighted by molar-refractivity contribution is 7.50. The second kappa shape index (κ2) is 5.81. The molecule has 18 heavy (non-hydrogen) atoms. The highest BCUT2D eigenvalue weighted by Crippen LogP contribution is 2.41. The molecule has 0 aliphatic carbocycles. The summed E-state index contributed by atoms with van der Waals surface area (Å²) in [6.07, 6.45) is -4.27. The van der Waals surface area contributed by atoms with E-state index in [4.69, 9.17) is 0 Å². The SMILES string of the molecule is CC[N+](CP(=O)([O-])[O-])(CP(=O)([O-])[O-])CP(=O)([O-])[O-]. The number of hydrogen-bond donors (Lipinski definition) is 0. The molecule has 0 N–H and O–H groups in total. The van der Waals surface area contributed by atoms with Crippen LogP contribution in [0.4, 0.5) is 0 Å². The van der Waals surface area contributed by atoms with E-state index in [9.17, 15) is 43.1 Å². The van der Waals surface area contributed by atoms with Crippen LogP contribution in [0.25, 0.3) is 0 Å². The summed E-state index contributed by atoms with van der Waals surface area (Å²) >= 11 is 0. The van der Waals surface area contributed by atoms with Crippen LogP contribution in [-0.2, 0) is 13.7 Å². The third-order valence-electron chi connectivity index (χ3n) is 2.09. The summed E-state index contributed by atoms with van der Waals surface area (Å²) in [4.78, 5) is 63.9. The molecular weight excluding hydrogens is 311 g/mol. The van der Waals surface area contributed by atoms with Crippen LogP contribution in [0.3, 0.4) is 0 Å². The van der Waals surface area contributed by atoms with Crippen molar-refractivity contribution in [1.29, 1.82) is 0 Å². The van der Waals surface area contributed by atoms with E-state index in [-0.39, 0.29) is 0 Å². The zero-order valence-corrected chi connectivity index (χ0v) is 12.0. The van der Waals surface area contributed by atoms with Gasteiger partial charge < -0.3 is 47.5 Å². The minimum absolute atomic E-state index is 0.475. The zero-order valence-electron chi connectivity index (χ0n) is 9.29. The lowest BCUT2D eigenvalue weighted by Gasteiger charge is -2.51. The average molecular weight is 322 g/mol. The molecule has 110 valence electrons. The summed E-state index contributed by atoms with van der Waals surface area (Å²) in [5, 5.41) is 0. The summed E-state index contributed by atoms with van der Waals surface area (Å²) in [5.74, 6) is 0. The maximum Gasteiger partial charge on any atom is 0.105 e. The quantitative estimate of drug-likeness (QED) is 0.328. The standard InChI is InChI=1S/C5H16NO9P3/c1-2-6(3-16(7,8)9,4-17(10,11)12)5-18(13,14)15/h2-5H2,1H3,(H5-,7,8,9,10,11,12,13,14,15)/p-5. The molecule has 0 bridgehead atoms. The fraction of sp³-hybridized carbons (Fsp3) is 1.00. The summed E-state index contributed by atoms with van der Waals surface area (Å²) in [7, 11) is -15.9. The molecule has 13 heteroatoms. The lowest BCUT2D eigenvalue weighted by atomic mass is 10.6. The van der Waals surface area contributed by atoms with Crippen LogP contribution in [0.2, 0.25) is 0 Å². The largest absolute Gasteiger partial charge is 0.807 e. The van der Waals surface area contributed by atoms with E-state index in [0.29, 0.717) is 0 Å². The molecule has 0 fully saturated rings. The third-order valence-corrected chi connectivity index (χ3v) is 4.93. The Hall–Kier alpha value is 0.410. The Morgan fingerprint density at radius 3 is 1.06 bits per heavy atom. The summed E-state index contributed by atoms with van der Waals surface area (Å²) in [6.45, 7) is 0.693. The van der Waals surface area contributed by atoms with Crippen LogP contribution in [0, 0.1) is 0 Å². The Kier molecular flexibility index (Phi) is 5.94. The molecule has 0 aromatic heterocycles. The monoisotopic (exact) mass is 322 g/mol. The van der Waals surface area contributed by atoms with Gasteiger partial charge in [-0.1, -0.05) is 0 Å². The Morgan fingerprint density at radius 1 is 0.722 bits per heavy atom. The van der Waals surface area contributed by atoms with Crippen molar-refractivity contribution in [3.8, 4) is 0 Å². The molecule has 0 aliphatic heterocycles. The third kappa shape index (κ3) is 8.50. The second-order valence-electron chi connectivity index (χ2n) is 3.91. The Bertz CT molecular complexity index is 358. The fourth-order valence-electron chi connectivity index (χ4n) is 1.54. The molecule has 0 amide bonds. The van der Waals surface area contributed by atoms with Crippen molar-refractivity contribution in [1.82, 2.24) is 0 Å². The predicted molar refractivity (Wildman–Crippen MR) is 48.2 cm³/mol. The first-order chi connectivity index (χ1) is 7.68. The van der Waals surface area contributed by atoms with Gasteiger partial charge in [-0.2, -0.15) is 0 Å². The Labute approximate surface area is 103 Å². The maximum atomic E-state index is 10.6. The van der Waals surface area contributed by atoms with E-state index in [1.54, 1.807) is 0 Å². The second-order valence-corrected chi connectivity index (χ2v) is 8.43. The van der Waals surface area contributed by atoms with Gasteiger partial charge in [-0.15, -0.1) is 0 Å². The molecule has 0 unspecified atom stereocenters. The number of quaternary nitrogens is 1. The van der Waals surface area contributed by atoms with Gasteiger partial charge in [0.2, 0.25) is 0 Å². The van der Waals surface area contributed by atoms with Crippen molar-refractivity contribution in [2.75, 3.05) is 25.4 Å². The first-order valence-corrected chi connectivity index (χ1v) is 9.75. The molecule has 0 saturated carbocycles. The maximum absolute atomic E-state index is 10.6.